The van der Waals surface area contributed by atoms with E-state index in [0.717, 1.165) is 0 Å². The van der Waals surface area contributed by atoms with Crippen molar-refractivity contribution in [2.45, 2.75) is 0 Å². The molecule has 0 aliphatic rings. The minimum absolute atomic E-state index is 2.68. The zero-order valence-electron chi connectivity index (χ0n) is 4.91. The van der Waals surface area contributed by atoms with E-state index >= 15 is 0 Å². The molecule has 70 valence electrons. The number of rotatable bonds is 2. The van der Waals surface area contributed by atoms with Crippen molar-refractivity contribution in [1.82, 2.24) is 0 Å². The van der Waals surface area contributed by atoms with Gasteiger partial charge in [0.15, 0.2) is 0 Å². The molecule has 0 spiro atoms. The van der Waals surface area contributed by atoms with Gasteiger partial charge in [0.2, 0.25) is 0 Å². The summed E-state index contributed by atoms with van der Waals surface area (Å²) in [5, 5.41) is 0. The maximum Gasteiger partial charge on any atom is 0.413 e. The summed E-state index contributed by atoms with van der Waals surface area (Å²) >= 11 is 0. The second-order valence-electron chi connectivity index (χ2n) is 0.924. The van der Waals surface area contributed by atoms with Crippen LogP contribution in [0.1, 0.15) is 0 Å². The van der Waals surface area contributed by atoms with Crippen LogP contribution in [0, 0.1) is 0 Å². The molecule has 0 aliphatic heterocycles. The smallest absolute Gasteiger partial charge is 0.274 e. The maximum absolute atomic E-state index is 9.44. The van der Waals surface area contributed by atoms with Gasteiger partial charge < -0.3 is 0 Å². The van der Waals surface area contributed by atoms with Crippen molar-refractivity contribution in [3.05, 3.63) is 0 Å². The van der Waals surface area contributed by atoms with E-state index in [1.807, 2.05) is 0 Å². The monoisotopic (exact) mass is 210 g/mol. The summed E-state index contributed by atoms with van der Waals surface area (Å²) in [4.78, 5) is 0. The van der Waals surface area contributed by atoms with Crippen molar-refractivity contribution in [3.8, 4) is 0 Å². The van der Waals surface area contributed by atoms with E-state index < -0.39 is 20.8 Å². The first-order chi connectivity index (χ1) is 4.71. The summed E-state index contributed by atoms with van der Waals surface area (Å²) in [7, 11) is -10.2. The van der Waals surface area contributed by atoms with Crippen molar-refractivity contribution >= 4 is 20.8 Å². The molecular weight excluding hydrogens is 204 g/mol. The predicted octanol–water partition coefficient (Wildman–Crippen LogP) is -2.57. The van der Waals surface area contributed by atoms with Crippen molar-refractivity contribution in [3.63, 3.8) is 0 Å². The Morgan fingerprint density at radius 1 is 0.909 bits per heavy atom. The molecular formula is H6N2O7S2. The first-order valence-electron chi connectivity index (χ1n) is 1.70. The van der Waals surface area contributed by atoms with Gasteiger partial charge in [-0.25, -0.2) is 0 Å². The van der Waals surface area contributed by atoms with Crippen LogP contribution in [0.5, 0.6) is 0 Å². The van der Waals surface area contributed by atoms with E-state index in [0.29, 0.717) is 0 Å². The Labute approximate surface area is 62.8 Å². The molecule has 6 N–H and O–H groups in total. The van der Waals surface area contributed by atoms with E-state index in [9.17, 15) is 16.8 Å². The molecule has 0 rings (SSSR count). The summed E-state index contributed by atoms with van der Waals surface area (Å²) in [5.41, 5.74) is 0. The third kappa shape index (κ3) is 17.7. The Balaban J connectivity index is 0. The van der Waals surface area contributed by atoms with Crippen molar-refractivity contribution < 1.29 is 29.6 Å². The van der Waals surface area contributed by atoms with E-state index in [-0.39, 0.29) is 0 Å². The first-order valence-corrected chi connectivity index (χ1v) is 4.43. The lowest BCUT2D eigenvalue weighted by atomic mass is 13.0. The standard InChI is InChI=1S/H4N2.H2O7S2/c1-2;1-8(2,3)7-9(4,5)6/h1-2H2;(H,1,2,3)(H,4,5,6). The fourth-order valence-corrected chi connectivity index (χ4v) is 0.978. The fourth-order valence-electron chi connectivity index (χ4n) is 0.109. The second-order valence-corrected chi connectivity index (χ2v) is 3.18. The molecule has 0 aliphatic carbocycles. The van der Waals surface area contributed by atoms with Gasteiger partial charge in [0.25, 0.3) is 0 Å². The van der Waals surface area contributed by atoms with Gasteiger partial charge in [-0.2, -0.15) is 16.8 Å². The van der Waals surface area contributed by atoms with Crippen LogP contribution in [0.3, 0.4) is 0 Å². The first kappa shape index (κ1) is 13.3. The number of hydrogen-bond acceptors (Lipinski definition) is 7. The van der Waals surface area contributed by atoms with Gasteiger partial charge in [-0.3, -0.25) is 20.8 Å². The van der Waals surface area contributed by atoms with Gasteiger partial charge in [-0.15, -0.1) is 3.63 Å². The van der Waals surface area contributed by atoms with Crippen LogP contribution in [0.4, 0.5) is 0 Å². The normalized spacial score (nSPS) is 11.6. The Hall–Kier alpha value is -0.300. The van der Waals surface area contributed by atoms with E-state index in [2.05, 4.69) is 15.3 Å². The molecule has 0 heterocycles. The minimum atomic E-state index is -5.12. The molecule has 0 saturated carbocycles. The average molecular weight is 210 g/mol. The Morgan fingerprint density at radius 3 is 1.09 bits per heavy atom. The molecule has 0 aromatic rings. The molecule has 9 nitrogen and oxygen atoms in total. The highest BCUT2D eigenvalue weighted by Crippen LogP contribution is 1.91. The van der Waals surface area contributed by atoms with Crippen LogP contribution < -0.4 is 11.7 Å². The van der Waals surface area contributed by atoms with Gasteiger partial charge in [0.1, 0.15) is 0 Å². The minimum Gasteiger partial charge on any atom is -0.274 e. The average Bonchev–Trinajstić information content (AvgIpc) is 1.60. The Morgan fingerprint density at radius 2 is 1.09 bits per heavy atom. The van der Waals surface area contributed by atoms with Gasteiger partial charge in [0.05, 0.1) is 0 Å². The van der Waals surface area contributed by atoms with Crippen LogP contribution in [-0.4, -0.2) is 25.9 Å². The van der Waals surface area contributed by atoms with Gasteiger partial charge in [-0.05, 0) is 0 Å². The van der Waals surface area contributed by atoms with Crippen LogP contribution >= 0.6 is 0 Å². The molecule has 0 amide bonds. The summed E-state index contributed by atoms with van der Waals surface area (Å²) in [6, 6.07) is 0. The van der Waals surface area contributed by atoms with Crippen LogP contribution in [0.25, 0.3) is 0 Å². The highest BCUT2D eigenvalue weighted by Gasteiger charge is 2.15. The van der Waals surface area contributed by atoms with Gasteiger partial charge in [0, 0.05) is 0 Å². The maximum atomic E-state index is 9.44. The second kappa shape index (κ2) is 4.55. The highest BCUT2D eigenvalue weighted by molar-refractivity contribution is 7.94. The lowest BCUT2D eigenvalue weighted by Gasteiger charge is -1.89. The quantitative estimate of drug-likeness (QED) is 0.217. The van der Waals surface area contributed by atoms with Crippen LogP contribution in [0.2, 0.25) is 0 Å². The zero-order valence-corrected chi connectivity index (χ0v) is 6.54. The number of hydrazine groups is 1. The summed E-state index contributed by atoms with van der Waals surface area (Å²) in [6.07, 6.45) is 0. The highest BCUT2D eigenvalue weighted by atomic mass is 32.3. The van der Waals surface area contributed by atoms with Crippen molar-refractivity contribution in [2.75, 3.05) is 0 Å². The summed E-state index contributed by atoms with van der Waals surface area (Å²) in [5.74, 6) is 8.00. The molecule has 11 heteroatoms. The van der Waals surface area contributed by atoms with Gasteiger partial charge >= 0.3 is 20.8 Å². The zero-order chi connectivity index (χ0) is 9.71. The van der Waals surface area contributed by atoms with Gasteiger partial charge in [-0.1, -0.05) is 0 Å². The molecule has 0 radical (unpaired) electrons. The lowest BCUT2D eigenvalue weighted by molar-refractivity contribution is 0.344. The van der Waals surface area contributed by atoms with E-state index in [1.54, 1.807) is 0 Å². The largest absolute Gasteiger partial charge is 0.413 e. The van der Waals surface area contributed by atoms with Crippen LogP contribution in [0.15, 0.2) is 0 Å². The topological polar surface area (TPSA) is 170 Å². The predicted molar refractivity (Wildman–Crippen MR) is 32.6 cm³/mol. The van der Waals surface area contributed by atoms with E-state index in [1.165, 1.54) is 0 Å². The van der Waals surface area contributed by atoms with Crippen LogP contribution in [-0.2, 0) is 24.4 Å². The molecule has 0 saturated heterocycles. The summed E-state index contributed by atoms with van der Waals surface area (Å²) < 4.78 is 55.6. The fraction of sp³-hybridized carbons (Fsp3) is 0. The van der Waals surface area contributed by atoms with Crippen molar-refractivity contribution in [2.24, 2.45) is 11.7 Å². The molecule has 0 unspecified atom stereocenters. The molecule has 0 aromatic heterocycles. The molecule has 0 atom stereocenters. The Bertz CT molecular complexity index is 240. The number of nitrogens with two attached hydrogens (primary N) is 2. The van der Waals surface area contributed by atoms with Crippen molar-refractivity contribution in [1.29, 1.82) is 0 Å². The molecule has 0 fully saturated rings. The third-order valence-corrected chi connectivity index (χ3v) is 1.55. The SMILES string of the molecule is NN.O=S(=O)(O)OS(=O)(=O)O. The number of hydrogen-bond donors (Lipinski definition) is 4. The molecule has 0 aromatic carbocycles. The lowest BCUT2D eigenvalue weighted by Crippen LogP contribution is -2.10. The summed E-state index contributed by atoms with van der Waals surface area (Å²) in [6.45, 7) is 0. The van der Waals surface area contributed by atoms with E-state index in [4.69, 9.17) is 9.11 Å². The molecule has 11 heavy (non-hydrogen) atoms. The Kier molecular flexibility index (Phi) is 5.50. The third-order valence-electron chi connectivity index (χ3n) is 0.172. The molecule has 0 bridgehead atoms.